The van der Waals surface area contributed by atoms with E-state index in [2.05, 4.69) is 21.5 Å². The fourth-order valence-electron chi connectivity index (χ4n) is 3.48. The van der Waals surface area contributed by atoms with Crippen molar-refractivity contribution in [3.63, 3.8) is 0 Å². The Bertz CT molecular complexity index is 940. The van der Waals surface area contributed by atoms with Gasteiger partial charge < -0.3 is 5.32 Å². The van der Waals surface area contributed by atoms with Crippen molar-refractivity contribution in [3.8, 4) is 11.9 Å². The zero-order valence-electron chi connectivity index (χ0n) is 14.3. The molecule has 2 aromatic rings. The molecule has 1 amide bonds. The molecular formula is C18H18ClN5O. The first-order valence-electron chi connectivity index (χ1n) is 8.29. The van der Waals surface area contributed by atoms with Gasteiger partial charge in [-0.3, -0.25) is 4.79 Å². The fraction of sp³-hybridized carbons (Fsp3) is 0.444. The molecule has 0 aromatic carbocycles. The van der Waals surface area contributed by atoms with Crippen molar-refractivity contribution in [2.75, 3.05) is 0 Å². The third kappa shape index (κ3) is 2.59. The topological polar surface area (TPSA) is 83.6 Å². The summed E-state index contributed by atoms with van der Waals surface area (Å²) in [5.41, 5.74) is 2.45. The molecule has 0 aliphatic heterocycles. The van der Waals surface area contributed by atoms with Gasteiger partial charge in [0, 0.05) is 17.7 Å². The standard InChI is InChI=1S/C18H18ClN5O/c1-9-4-14(21-7-13(9)19)24-16-11-5-10(11)6-12(16)15(23-24)17(25)22-18(2,3)8-20/h4,7,10-11H,5-6H2,1-3H3,(H,22,25)/t10-,11-/m1/s1. The third-order valence-corrected chi connectivity index (χ3v) is 5.33. The summed E-state index contributed by atoms with van der Waals surface area (Å²) in [5, 5.41) is 17.1. The molecule has 25 heavy (non-hydrogen) atoms. The van der Waals surface area contributed by atoms with Gasteiger partial charge >= 0.3 is 0 Å². The molecule has 2 aromatic heterocycles. The number of aromatic nitrogens is 3. The molecule has 4 rings (SSSR count). The average Bonchev–Trinajstić information content (AvgIpc) is 3.06. The lowest BCUT2D eigenvalue weighted by atomic mass is 10.1. The second-order valence-electron chi connectivity index (χ2n) is 7.41. The maximum atomic E-state index is 12.7. The summed E-state index contributed by atoms with van der Waals surface area (Å²) in [4.78, 5) is 17.1. The largest absolute Gasteiger partial charge is 0.333 e. The number of nitrogens with zero attached hydrogens (tertiary/aromatic N) is 4. The van der Waals surface area contributed by atoms with E-state index in [1.165, 1.54) is 0 Å². The number of carbonyl (C=O) groups is 1. The van der Waals surface area contributed by atoms with Crippen LogP contribution < -0.4 is 5.32 Å². The van der Waals surface area contributed by atoms with Crippen molar-refractivity contribution in [1.29, 1.82) is 5.26 Å². The Balaban J connectivity index is 1.78. The van der Waals surface area contributed by atoms with E-state index in [0.29, 0.717) is 28.4 Å². The predicted octanol–water partition coefficient (Wildman–Crippen LogP) is 2.92. The number of halogens is 1. The number of amides is 1. The highest BCUT2D eigenvalue weighted by Crippen LogP contribution is 2.57. The van der Waals surface area contributed by atoms with Gasteiger partial charge in [-0.1, -0.05) is 11.6 Å². The molecule has 1 N–H and O–H groups in total. The fourth-order valence-corrected chi connectivity index (χ4v) is 3.59. The number of fused-ring (bicyclic) bond motifs is 3. The van der Waals surface area contributed by atoms with Crippen LogP contribution in [0.3, 0.4) is 0 Å². The van der Waals surface area contributed by atoms with E-state index in [-0.39, 0.29) is 5.91 Å². The van der Waals surface area contributed by atoms with Crippen molar-refractivity contribution < 1.29 is 4.79 Å². The van der Waals surface area contributed by atoms with Gasteiger partial charge in [-0.2, -0.15) is 10.4 Å². The molecule has 0 unspecified atom stereocenters. The average molecular weight is 356 g/mol. The second-order valence-corrected chi connectivity index (χ2v) is 7.82. The van der Waals surface area contributed by atoms with Crippen molar-refractivity contribution >= 4 is 17.5 Å². The molecule has 2 aliphatic rings. The van der Waals surface area contributed by atoms with E-state index in [9.17, 15) is 4.79 Å². The van der Waals surface area contributed by atoms with Crippen LogP contribution in [0.25, 0.3) is 5.82 Å². The smallest absolute Gasteiger partial charge is 0.273 e. The van der Waals surface area contributed by atoms with Gasteiger partial charge in [-0.05, 0) is 51.2 Å². The number of hydrogen-bond donors (Lipinski definition) is 1. The number of hydrogen-bond acceptors (Lipinski definition) is 4. The van der Waals surface area contributed by atoms with Crippen LogP contribution in [-0.2, 0) is 6.42 Å². The van der Waals surface area contributed by atoms with Crippen molar-refractivity contribution in [2.24, 2.45) is 5.92 Å². The quantitative estimate of drug-likeness (QED) is 0.917. The number of pyridine rings is 1. The Kier molecular flexibility index (Phi) is 3.41. The van der Waals surface area contributed by atoms with Gasteiger partial charge in [0.2, 0.25) is 0 Å². The molecule has 128 valence electrons. The first-order valence-corrected chi connectivity index (χ1v) is 8.66. The molecule has 2 aliphatic carbocycles. The maximum absolute atomic E-state index is 12.7. The molecular weight excluding hydrogens is 338 g/mol. The molecule has 0 bridgehead atoms. The Hall–Kier alpha value is -2.39. The zero-order valence-corrected chi connectivity index (χ0v) is 15.1. The third-order valence-electron chi connectivity index (χ3n) is 4.93. The number of carbonyl (C=O) groups excluding carboxylic acids is 1. The molecule has 2 atom stereocenters. The number of nitriles is 1. The Morgan fingerprint density at radius 3 is 2.96 bits per heavy atom. The second kappa shape index (κ2) is 5.30. The Morgan fingerprint density at radius 2 is 2.28 bits per heavy atom. The Labute approximate surface area is 150 Å². The highest BCUT2D eigenvalue weighted by atomic mass is 35.5. The van der Waals surface area contributed by atoms with E-state index in [1.54, 1.807) is 24.7 Å². The van der Waals surface area contributed by atoms with Crippen LogP contribution in [0.4, 0.5) is 0 Å². The minimum Gasteiger partial charge on any atom is -0.333 e. The maximum Gasteiger partial charge on any atom is 0.273 e. The minimum atomic E-state index is -0.940. The van der Waals surface area contributed by atoms with Crippen molar-refractivity contribution in [2.45, 2.75) is 45.1 Å². The van der Waals surface area contributed by atoms with Gasteiger partial charge in [0.25, 0.3) is 5.91 Å². The van der Waals surface area contributed by atoms with E-state index in [1.807, 2.05) is 13.0 Å². The van der Waals surface area contributed by atoms with E-state index in [4.69, 9.17) is 16.9 Å². The predicted molar refractivity (Wildman–Crippen MR) is 92.8 cm³/mol. The molecule has 0 saturated heterocycles. The van der Waals surface area contributed by atoms with Gasteiger partial charge in [0.1, 0.15) is 5.54 Å². The van der Waals surface area contributed by atoms with Crippen LogP contribution in [0.5, 0.6) is 0 Å². The highest BCUT2D eigenvalue weighted by molar-refractivity contribution is 6.31. The molecule has 0 radical (unpaired) electrons. The molecule has 1 fully saturated rings. The van der Waals surface area contributed by atoms with Crippen LogP contribution >= 0.6 is 11.6 Å². The van der Waals surface area contributed by atoms with E-state index < -0.39 is 5.54 Å². The minimum absolute atomic E-state index is 0.312. The first-order chi connectivity index (χ1) is 11.8. The van der Waals surface area contributed by atoms with Gasteiger partial charge in [-0.15, -0.1) is 0 Å². The zero-order chi connectivity index (χ0) is 17.9. The van der Waals surface area contributed by atoms with Crippen LogP contribution in [0.1, 0.15) is 53.5 Å². The molecule has 1 saturated carbocycles. The summed E-state index contributed by atoms with van der Waals surface area (Å²) in [6.07, 6.45) is 3.61. The lowest BCUT2D eigenvalue weighted by Crippen LogP contribution is -2.42. The van der Waals surface area contributed by atoms with Crippen LogP contribution in [0.2, 0.25) is 5.02 Å². The summed E-state index contributed by atoms with van der Waals surface area (Å²) in [6.45, 7) is 5.26. The van der Waals surface area contributed by atoms with Gasteiger partial charge in [0.05, 0.1) is 16.8 Å². The Morgan fingerprint density at radius 1 is 1.52 bits per heavy atom. The van der Waals surface area contributed by atoms with Crippen molar-refractivity contribution in [3.05, 3.63) is 39.8 Å². The summed E-state index contributed by atoms with van der Waals surface area (Å²) >= 11 is 6.08. The normalized spacial score (nSPS) is 20.6. The molecule has 2 heterocycles. The van der Waals surface area contributed by atoms with Crippen LogP contribution in [0, 0.1) is 24.2 Å². The van der Waals surface area contributed by atoms with E-state index >= 15 is 0 Å². The van der Waals surface area contributed by atoms with Crippen LogP contribution in [-0.4, -0.2) is 26.2 Å². The first kappa shape index (κ1) is 16.1. The monoisotopic (exact) mass is 355 g/mol. The summed E-state index contributed by atoms with van der Waals surface area (Å²) in [5.74, 6) is 1.41. The van der Waals surface area contributed by atoms with E-state index in [0.717, 1.165) is 29.7 Å². The lowest BCUT2D eigenvalue weighted by molar-refractivity contribution is 0.0922. The summed E-state index contributed by atoms with van der Waals surface area (Å²) in [6, 6.07) is 3.97. The number of aryl methyl sites for hydroxylation is 1. The van der Waals surface area contributed by atoms with Gasteiger partial charge in [-0.25, -0.2) is 9.67 Å². The van der Waals surface area contributed by atoms with Crippen molar-refractivity contribution in [1.82, 2.24) is 20.1 Å². The highest BCUT2D eigenvalue weighted by Gasteiger charge is 2.50. The summed E-state index contributed by atoms with van der Waals surface area (Å²) < 4.78 is 1.78. The molecule has 6 nitrogen and oxygen atoms in total. The molecule has 0 spiro atoms. The molecule has 7 heteroatoms. The SMILES string of the molecule is Cc1cc(-n2nc(C(=O)NC(C)(C)C#N)c3c2[C@@H]2C[C@@H]2C3)ncc1Cl. The number of rotatable bonds is 3. The van der Waals surface area contributed by atoms with Crippen LogP contribution in [0.15, 0.2) is 12.3 Å². The lowest BCUT2D eigenvalue weighted by Gasteiger charge is -2.16. The summed E-state index contributed by atoms with van der Waals surface area (Å²) in [7, 11) is 0. The van der Waals surface area contributed by atoms with Gasteiger partial charge in [0.15, 0.2) is 11.5 Å². The number of nitrogens with one attached hydrogen (secondary N) is 1.